The summed E-state index contributed by atoms with van der Waals surface area (Å²) in [5.41, 5.74) is 14.4. The van der Waals surface area contributed by atoms with Crippen molar-refractivity contribution < 1.29 is 0 Å². The molecule has 11 aromatic rings. The highest BCUT2D eigenvalue weighted by Gasteiger charge is 2.16. The van der Waals surface area contributed by atoms with Gasteiger partial charge in [-0.25, -0.2) is 0 Å². The van der Waals surface area contributed by atoms with E-state index >= 15 is 0 Å². The molecule has 0 aliphatic rings. The number of hydrogen-bond donors (Lipinski definition) is 0. The molecule has 0 aliphatic heterocycles. The van der Waals surface area contributed by atoms with E-state index in [0.29, 0.717) is 0 Å². The Morgan fingerprint density at radius 3 is 1.24 bits per heavy atom. The van der Waals surface area contributed by atoms with Crippen molar-refractivity contribution in [1.82, 2.24) is 9.13 Å². The van der Waals surface area contributed by atoms with Gasteiger partial charge in [-0.2, -0.15) is 0 Å². The Hall–Kier alpha value is -7.16. The first-order valence-electron chi connectivity index (χ1n) is 18.6. The van der Waals surface area contributed by atoms with Crippen LogP contribution in [0.3, 0.4) is 0 Å². The lowest BCUT2D eigenvalue weighted by molar-refractivity contribution is 1.18. The van der Waals surface area contributed by atoms with Gasteiger partial charge in [0.2, 0.25) is 0 Å². The molecule has 2 heteroatoms. The van der Waals surface area contributed by atoms with Gasteiger partial charge in [-0.05, 0) is 92.7 Å². The molecule has 0 aliphatic carbocycles. The average Bonchev–Trinajstić information content (AvgIpc) is 3.76. The minimum atomic E-state index is 1.16. The van der Waals surface area contributed by atoms with Crippen molar-refractivity contribution in [3.8, 4) is 44.8 Å². The van der Waals surface area contributed by atoms with E-state index in [1.807, 2.05) is 0 Å². The molecule has 9 aromatic carbocycles. The summed E-state index contributed by atoms with van der Waals surface area (Å²) in [7, 11) is 0. The van der Waals surface area contributed by atoms with Crippen LogP contribution in [0.2, 0.25) is 0 Å². The van der Waals surface area contributed by atoms with Crippen LogP contribution in [0.4, 0.5) is 0 Å². The first kappa shape index (κ1) is 30.5. The number of para-hydroxylation sites is 2. The second kappa shape index (κ2) is 12.2. The molecular weight excluding hydrogens is 653 g/mol. The number of aromatic nitrogens is 2. The summed E-state index contributed by atoms with van der Waals surface area (Å²) in [6.45, 7) is 0. The van der Waals surface area contributed by atoms with Crippen LogP contribution >= 0.6 is 0 Å². The maximum atomic E-state index is 2.42. The molecule has 0 unspecified atom stereocenters. The molecular formula is C52H34N2. The van der Waals surface area contributed by atoms with Gasteiger partial charge < -0.3 is 9.13 Å². The highest BCUT2D eigenvalue weighted by molar-refractivity contribution is 6.11. The van der Waals surface area contributed by atoms with E-state index in [1.54, 1.807) is 0 Å². The normalized spacial score (nSPS) is 11.7. The fourth-order valence-corrected chi connectivity index (χ4v) is 8.46. The zero-order chi connectivity index (χ0) is 35.6. The fourth-order valence-electron chi connectivity index (χ4n) is 8.46. The molecule has 2 heterocycles. The molecule has 54 heavy (non-hydrogen) atoms. The molecule has 0 saturated heterocycles. The Morgan fingerprint density at radius 2 is 0.630 bits per heavy atom. The molecule has 0 saturated carbocycles. The van der Waals surface area contributed by atoms with Gasteiger partial charge in [0.1, 0.15) is 0 Å². The number of benzene rings is 9. The number of fused-ring (bicyclic) bond motifs is 7. The van der Waals surface area contributed by atoms with Gasteiger partial charge in [0, 0.05) is 32.9 Å². The topological polar surface area (TPSA) is 9.86 Å². The third-order valence-corrected chi connectivity index (χ3v) is 11.1. The SMILES string of the molecule is c1ccc(-c2ccc(-n3c4ccccc4c4ccc(-c5ccc(-c6ccc7c8ccccc8n(-c8ccc9ccccc9c8)c7c6)cc5)cc43)cc2)cc1. The summed E-state index contributed by atoms with van der Waals surface area (Å²) >= 11 is 0. The summed E-state index contributed by atoms with van der Waals surface area (Å²) in [5.74, 6) is 0. The van der Waals surface area contributed by atoms with Crippen LogP contribution < -0.4 is 0 Å². The Labute approximate surface area is 313 Å². The summed E-state index contributed by atoms with van der Waals surface area (Å²) in [6.07, 6.45) is 0. The molecule has 0 atom stereocenters. The van der Waals surface area contributed by atoms with E-state index in [2.05, 4.69) is 215 Å². The molecule has 11 rings (SSSR count). The van der Waals surface area contributed by atoms with Crippen molar-refractivity contribution in [1.29, 1.82) is 0 Å². The van der Waals surface area contributed by atoms with E-state index in [-0.39, 0.29) is 0 Å². The van der Waals surface area contributed by atoms with E-state index in [1.165, 1.54) is 93.5 Å². The standard InChI is InChI=1S/C52H34N2/c1-2-10-35(11-3-1)37-22-27-43(28-23-37)53-49-16-8-6-14-45(49)47-30-25-41(33-51(47)53)38-18-20-39(21-19-38)42-26-31-48-46-15-7-9-17-50(46)54(52(48)34-42)44-29-24-36-12-4-5-13-40(36)32-44/h1-34H. The number of nitrogens with zero attached hydrogens (tertiary/aromatic N) is 2. The van der Waals surface area contributed by atoms with Gasteiger partial charge >= 0.3 is 0 Å². The first-order chi connectivity index (χ1) is 26.8. The largest absolute Gasteiger partial charge is 0.309 e. The Bertz CT molecular complexity index is 3180. The van der Waals surface area contributed by atoms with Crippen molar-refractivity contribution in [3.05, 3.63) is 206 Å². The zero-order valence-electron chi connectivity index (χ0n) is 29.5. The molecule has 0 fully saturated rings. The molecule has 0 bridgehead atoms. The van der Waals surface area contributed by atoms with E-state index in [9.17, 15) is 0 Å². The minimum Gasteiger partial charge on any atom is -0.309 e. The van der Waals surface area contributed by atoms with Crippen molar-refractivity contribution >= 4 is 54.4 Å². The number of rotatable bonds is 5. The first-order valence-corrected chi connectivity index (χ1v) is 18.6. The maximum Gasteiger partial charge on any atom is 0.0547 e. The predicted octanol–water partition coefficient (Wildman–Crippen LogP) is 14.0. The lowest BCUT2D eigenvalue weighted by atomic mass is 9.98. The van der Waals surface area contributed by atoms with Crippen molar-refractivity contribution in [2.45, 2.75) is 0 Å². The molecule has 0 N–H and O–H groups in total. The van der Waals surface area contributed by atoms with Crippen molar-refractivity contribution in [2.24, 2.45) is 0 Å². The Balaban J connectivity index is 0.990. The summed E-state index contributed by atoms with van der Waals surface area (Å²) in [4.78, 5) is 0. The van der Waals surface area contributed by atoms with Gasteiger partial charge in [-0.1, -0.05) is 158 Å². The van der Waals surface area contributed by atoms with E-state index in [4.69, 9.17) is 0 Å². The van der Waals surface area contributed by atoms with Gasteiger partial charge in [0.05, 0.1) is 22.1 Å². The predicted molar refractivity (Wildman–Crippen MR) is 229 cm³/mol. The summed E-state index contributed by atoms with van der Waals surface area (Å²) < 4.78 is 4.82. The van der Waals surface area contributed by atoms with Gasteiger partial charge in [-0.3, -0.25) is 0 Å². The minimum absolute atomic E-state index is 1.16. The Morgan fingerprint density at radius 1 is 0.222 bits per heavy atom. The Kier molecular flexibility index (Phi) is 6.90. The van der Waals surface area contributed by atoms with Crippen LogP contribution in [-0.2, 0) is 0 Å². The van der Waals surface area contributed by atoms with E-state index < -0.39 is 0 Å². The quantitative estimate of drug-likeness (QED) is 0.171. The molecule has 0 amide bonds. The molecule has 2 nitrogen and oxygen atoms in total. The average molecular weight is 687 g/mol. The summed E-state index contributed by atoms with van der Waals surface area (Å²) in [5, 5.41) is 7.54. The van der Waals surface area contributed by atoms with Gasteiger partial charge in [0.25, 0.3) is 0 Å². The van der Waals surface area contributed by atoms with Gasteiger partial charge in [0.15, 0.2) is 0 Å². The monoisotopic (exact) mass is 686 g/mol. The zero-order valence-corrected chi connectivity index (χ0v) is 29.5. The maximum absolute atomic E-state index is 2.42. The van der Waals surface area contributed by atoms with E-state index in [0.717, 1.165) is 5.69 Å². The fraction of sp³-hybridized carbons (Fsp3) is 0. The third-order valence-electron chi connectivity index (χ3n) is 11.1. The second-order valence-electron chi connectivity index (χ2n) is 14.2. The van der Waals surface area contributed by atoms with Crippen LogP contribution in [0, 0.1) is 0 Å². The lowest BCUT2D eigenvalue weighted by Gasteiger charge is -2.11. The second-order valence-corrected chi connectivity index (χ2v) is 14.2. The molecule has 0 spiro atoms. The third kappa shape index (κ3) is 4.88. The van der Waals surface area contributed by atoms with Crippen LogP contribution in [0.15, 0.2) is 206 Å². The van der Waals surface area contributed by atoms with Crippen molar-refractivity contribution in [3.63, 3.8) is 0 Å². The van der Waals surface area contributed by atoms with Gasteiger partial charge in [-0.15, -0.1) is 0 Å². The molecule has 252 valence electrons. The lowest BCUT2D eigenvalue weighted by Crippen LogP contribution is -1.94. The molecule has 2 aromatic heterocycles. The van der Waals surface area contributed by atoms with Crippen LogP contribution in [0.1, 0.15) is 0 Å². The number of hydrogen-bond acceptors (Lipinski definition) is 0. The van der Waals surface area contributed by atoms with Crippen molar-refractivity contribution in [2.75, 3.05) is 0 Å². The highest BCUT2D eigenvalue weighted by Crippen LogP contribution is 2.38. The van der Waals surface area contributed by atoms with Crippen LogP contribution in [0.25, 0.3) is 99.1 Å². The molecule has 0 radical (unpaired) electrons. The van der Waals surface area contributed by atoms with Crippen LogP contribution in [0.5, 0.6) is 0 Å². The summed E-state index contributed by atoms with van der Waals surface area (Å²) in [6, 6.07) is 75.2. The van der Waals surface area contributed by atoms with Crippen LogP contribution in [-0.4, -0.2) is 9.13 Å². The highest BCUT2D eigenvalue weighted by atomic mass is 15.0. The smallest absolute Gasteiger partial charge is 0.0547 e.